The van der Waals surface area contributed by atoms with E-state index in [0.717, 1.165) is 66.5 Å². The highest BCUT2D eigenvalue weighted by Gasteiger charge is 2.35. The standard InChI is InChI=1S/C33H42N8O4/c1-37-12-8-25(9-13-37)38-16-18-39(19-17-38)31(42)30(21-23-6-7-27-24(20-23)22-34-36-27)45-33(44)40-14-10-26(11-15-40)41-29-5-3-2-4-28(29)35-32(41)43/h2-7,20,22,25-26,30H,8-19,21H2,1H3,(H,34,36)(H,35,43)/t30-/m1/s1. The maximum Gasteiger partial charge on any atom is 0.410 e. The first-order chi connectivity index (χ1) is 21.9. The molecule has 238 valence electrons. The van der Waals surface area contributed by atoms with Crippen LogP contribution in [-0.4, -0.2) is 123 Å². The molecule has 0 spiro atoms. The van der Waals surface area contributed by atoms with Crippen molar-refractivity contribution in [2.75, 3.05) is 59.4 Å². The Labute approximate surface area is 261 Å². The van der Waals surface area contributed by atoms with Gasteiger partial charge in [0.25, 0.3) is 5.91 Å². The Morgan fingerprint density at radius 1 is 0.889 bits per heavy atom. The molecule has 0 saturated carbocycles. The first-order valence-electron chi connectivity index (χ1n) is 16.2. The van der Waals surface area contributed by atoms with Gasteiger partial charge in [-0.2, -0.15) is 5.10 Å². The summed E-state index contributed by atoms with van der Waals surface area (Å²) in [5, 5.41) is 8.03. The summed E-state index contributed by atoms with van der Waals surface area (Å²) in [5.41, 5.74) is 3.39. The minimum absolute atomic E-state index is 0.0160. The second kappa shape index (κ2) is 12.7. The minimum atomic E-state index is -0.925. The number of H-pyrrole nitrogens is 2. The molecule has 2 aromatic carbocycles. The summed E-state index contributed by atoms with van der Waals surface area (Å²) in [4.78, 5) is 51.6. The molecule has 5 heterocycles. The molecule has 0 unspecified atom stereocenters. The summed E-state index contributed by atoms with van der Waals surface area (Å²) < 4.78 is 7.86. The van der Waals surface area contributed by atoms with Crippen LogP contribution >= 0.6 is 0 Å². The van der Waals surface area contributed by atoms with Gasteiger partial charge < -0.3 is 24.4 Å². The van der Waals surface area contributed by atoms with Crippen molar-refractivity contribution in [3.8, 4) is 0 Å². The van der Waals surface area contributed by atoms with E-state index in [4.69, 9.17) is 4.74 Å². The number of rotatable bonds is 6. The van der Waals surface area contributed by atoms with Gasteiger partial charge in [0.05, 0.1) is 22.7 Å². The number of amides is 2. The van der Waals surface area contributed by atoms with Gasteiger partial charge in [0.2, 0.25) is 0 Å². The van der Waals surface area contributed by atoms with Gasteiger partial charge in [-0.15, -0.1) is 0 Å². The molecule has 12 nitrogen and oxygen atoms in total. The molecular weight excluding hydrogens is 572 g/mol. The molecule has 3 saturated heterocycles. The number of fused-ring (bicyclic) bond motifs is 2. The fourth-order valence-electron chi connectivity index (χ4n) is 7.32. The van der Waals surface area contributed by atoms with Crippen molar-refractivity contribution in [3.63, 3.8) is 0 Å². The van der Waals surface area contributed by atoms with E-state index >= 15 is 0 Å². The number of likely N-dealkylation sites (tertiary alicyclic amines) is 2. The van der Waals surface area contributed by atoms with Gasteiger partial charge in [-0.3, -0.25) is 19.4 Å². The molecule has 0 radical (unpaired) electrons. The van der Waals surface area contributed by atoms with Gasteiger partial charge in [-0.05, 0) is 75.6 Å². The molecule has 3 aliphatic heterocycles. The average molecular weight is 615 g/mol. The molecule has 12 heteroatoms. The number of nitrogens with zero attached hydrogens (tertiary/aromatic N) is 6. The zero-order valence-electron chi connectivity index (χ0n) is 25.9. The quantitative estimate of drug-likeness (QED) is 0.343. The Bertz CT molecular complexity index is 1700. The number of ether oxygens (including phenoxy) is 1. The Hall–Kier alpha value is -4.16. The number of carbonyl (C=O) groups is 2. The molecule has 45 heavy (non-hydrogen) atoms. The summed E-state index contributed by atoms with van der Waals surface area (Å²) in [6.45, 7) is 6.05. The van der Waals surface area contributed by atoms with E-state index in [-0.39, 0.29) is 17.6 Å². The zero-order chi connectivity index (χ0) is 30.9. The average Bonchev–Trinajstić information content (AvgIpc) is 3.67. The fourth-order valence-corrected chi connectivity index (χ4v) is 7.32. The zero-order valence-corrected chi connectivity index (χ0v) is 25.9. The number of imidazole rings is 1. The summed E-state index contributed by atoms with van der Waals surface area (Å²) in [6, 6.07) is 14.1. The molecule has 3 fully saturated rings. The smallest absolute Gasteiger partial charge is 0.410 e. The van der Waals surface area contributed by atoms with E-state index < -0.39 is 12.2 Å². The lowest BCUT2D eigenvalue weighted by Crippen LogP contribution is -2.56. The van der Waals surface area contributed by atoms with Crippen molar-refractivity contribution in [3.05, 3.63) is 64.7 Å². The van der Waals surface area contributed by atoms with Crippen LogP contribution in [0.5, 0.6) is 0 Å². The van der Waals surface area contributed by atoms with Gasteiger partial charge in [0.1, 0.15) is 0 Å². The Morgan fingerprint density at radius 2 is 1.62 bits per heavy atom. The highest BCUT2D eigenvalue weighted by molar-refractivity contribution is 5.85. The second-order valence-corrected chi connectivity index (χ2v) is 12.8. The third-order valence-corrected chi connectivity index (χ3v) is 9.99. The number of piperidine rings is 2. The SMILES string of the molecule is CN1CCC(N2CCN(C(=O)[C@@H](Cc3ccc4[nH]ncc4c3)OC(=O)N3CCC(n4c(=O)[nH]c5ccccc54)CC3)CC2)CC1. The molecule has 2 N–H and O–H groups in total. The number of aromatic amines is 2. The second-order valence-electron chi connectivity index (χ2n) is 12.8. The number of para-hydroxylation sites is 2. The summed E-state index contributed by atoms with van der Waals surface area (Å²) in [6.07, 6.45) is 4.23. The number of carbonyl (C=O) groups excluding carboxylic acids is 2. The predicted octanol–water partition coefficient (Wildman–Crippen LogP) is 2.83. The Kier molecular flexibility index (Phi) is 8.33. The van der Waals surface area contributed by atoms with E-state index in [1.807, 2.05) is 51.9 Å². The number of benzene rings is 2. The lowest BCUT2D eigenvalue weighted by molar-refractivity contribution is -0.143. The molecule has 2 amide bonds. The van der Waals surface area contributed by atoms with Crippen molar-refractivity contribution in [2.24, 2.45) is 0 Å². The van der Waals surface area contributed by atoms with Gasteiger partial charge in [-0.25, -0.2) is 9.59 Å². The van der Waals surface area contributed by atoms with E-state index in [1.54, 1.807) is 11.1 Å². The number of aromatic nitrogens is 4. The highest BCUT2D eigenvalue weighted by Crippen LogP contribution is 2.26. The third-order valence-electron chi connectivity index (χ3n) is 9.99. The van der Waals surface area contributed by atoms with E-state index in [0.29, 0.717) is 51.5 Å². The summed E-state index contributed by atoms with van der Waals surface area (Å²) in [5.74, 6) is -0.140. The predicted molar refractivity (Wildman–Crippen MR) is 171 cm³/mol. The molecular formula is C33H42N8O4. The van der Waals surface area contributed by atoms with Crippen LogP contribution in [0.25, 0.3) is 21.9 Å². The largest absolute Gasteiger partial charge is 0.436 e. The lowest BCUT2D eigenvalue weighted by atomic mass is 10.0. The van der Waals surface area contributed by atoms with Crippen LogP contribution in [0.2, 0.25) is 0 Å². The van der Waals surface area contributed by atoms with Gasteiger partial charge in [0.15, 0.2) is 6.10 Å². The van der Waals surface area contributed by atoms with Crippen LogP contribution in [0.1, 0.15) is 37.3 Å². The van der Waals surface area contributed by atoms with Gasteiger partial charge >= 0.3 is 11.8 Å². The molecule has 2 aromatic heterocycles. The number of piperazine rings is 1. The summed E-state index contributed by atoms with van der Waals surface area (Å²) >= 11 is 0. The maximum absolute atomic E-state index is 14.0. The fraction of sp³-hybridized carbons (Fsp3) is 0.515. The molecule has 7 rings (SSSR count). The van der Waals surface area contributed by atoms with Crippen LogP contribution in [0.4, 0.5) is 4.79 Å². The van der Waals surface area contributed by atoms with Crippen molar-refractivity contribution in [2.45, 2.75) is 50.3 Å². The van der Waals surface area contributed by atoms with Crippen LogP contribution in [0.3, 0.4) is 0 Å². The lowest BCUT2D eigenvalue weighted by Gasteiger charge is -2.42. The third kappa shape index (κ3) is 6.21. The van der Waals surface area contributed by atoms with E-state index in [9.17, 15) is 14.4 Å². The number of nitrogens with one attached hydrogen (secondary N) is 2. The maximum atomic E-state index is 14.0. The highest BCUT2D eigenvalue weighted by atomic mass is 16.6. The Balaban J connectivity index is 1.02. The van der Waals surface area contributed by atoms with E-state index in [1.165, 1.54) is 0 Å². The number of hydrogen-bond donors (Lipinski definition) is 2. The van der Waals surface area contributed by atoms with Crippen molar-refractivity contribution < 1.29 is 14.3 Å². The van der Waals surface area contributed by atoms with Crippen LogP contribution in [-0.2, 0) is 16.0 Å². The topological polar surface area (TPSA) is 123 Å². The van der Waals surface area contributed by atoms with Crippen LogP contribution in [0.15, 0.2) is 53.5 Å². The van der Waals surface area contributed by atoms with Gasteiger partial charge in [-0.1, -0.05) is 18.2 Å². The molecule has 3 aliphatic rings. The molecule has 0 aliphatic carbocycles. The monoisotopic (exact) mass is 614 g/mol. The van der Waals surface area contributed by atoms with Crippen molar-refractivity contribution in [1.29, 1.82) is 0 Å². The van der Waals surface area contributed by atoms with Crippen molar-refractivity contribution in [1.82, 2.24) is 39.3 Å². The molecule has 0 bridgehead atoms. The number of hydrogen-bond acceptors (Lipinski definition) is 7. The summed E-state index contributed by atoms with van der Waals surface area (Å²) in [7, 11) is 2.17. The minimum Gasteiger partial charge on any atom is -0.436 e. The van der Waals surface area contributed by atoms with E-state index in [2.05, 4.69) is 32.0 Å². The van der Waals surface area contributed by atoms with Gasteiger partial charge in [0, 0.05) is 63.2 Å². The first kappa shape index (κ1) is 29.5. The van der Waals surface area contributed by atoms with Crippen LogP contribution < -0.4 is 5.69 Å². The molecule has 4 aromatic rings. The first-order valence-corrected chi connectivity index (χ1v) is 16.2. The normalized spacial score (nSPS) is 20.2. The molecule has 1 atom stereocenters. The van der Waals surface area contributed by atoms with Crippen LogP contribution in [0, 0.1) is 0 Å². The van der Waals surface area contributed by atoms with Crippen molar-refractivity contribution >= 4 is 33.9 Å². The Morgan fingerprint density at radius 3 is 2.40 bits per heavy atom.